The first kappa shape index (κ1) is 32.1. The predicted octanol–water partition coefficient (Wildman–Crippen LogP) is 6.19. The average molecular weight is 639 g/mol. The van der Waals surface area contributed by atoms with Crippen molar-refractivity contribution < 1.29 is 18.0 Å². The van der Waals surface area contributed by atoms with E-state index in [4.69, 9.17) is 23.2 Å². The van der Waals surface area contributed by atoms with Crippen LogP contribution in [0.4, 0.5) is 5.69 Å². The van der Waals surface area contributed by atoms with E-state index in [0.29, 0.717) is 21.3 Å². The molecular weight excluding hydrogens is 605 g/mol. The largest absolute Gasteiger partial charge is 0.357 e. The Bertz CT molecular complexity index is 1660. The Morgan fingerprint density at radius 2 is 1.37 bits per heavy atom. The van der Waals surface area contributed by atoms with Crippen LogP contribution in [0.25, 0.3) is 0 Å². The highest BCUT2D eigenvalue weighted by atomic mass is 35.5. The van der Waals surface area contributed by atoms with Gasteiger partial charge in [0.2, 0.25) is 11.8 Å². The number of carbonyl (C=O) groups is 2. The molecule has 0 unspecified atom stereocenters. The number of hydrogen-bond donors (Lipinski definition) is 1. The summed E-state index contributed by atoms with van der Waals surface area (Å²) in [5.74, 6) is -1.01. The fourth-order valence-corrected chi connectivity index (χ4v) is 6.85. The lowest BCUT2D eigenvalue weighted by atomic mass is 10.0. The Morgan fingerprint density at radius 3 is 1.93 bits per heavy atom. The number of amides is 2. The van der Waals surface area contributed by atoms with E-state index in [0.717, 1.165) is 21.0 Å². The lowest BCUT2D eigenvalue weighted by molar-refractivity contribution is -0.139. The Kier molecular flexibility index (Phi) is 10.5. The molecule has 4 aromatic rings. The molecule has 224 valence electrons. The van der Waals surface area contributed by atoms with Gasteiger partial charge in [-0.3, -0.25) is 13.9 Å². The summed E-state index contributed by atoms with van der Waals surface area (Å²) in [5.41, 5.74) is 3.28. The van der Waals surface area contributed by atoms with Crippen molar-refractivity contribution in [2.75, 3.05) is 17.9 Å². The van der Waals surface area contributed by atoms with Gasteiger partial charge in [-0.2, -0.15) is 0 Å². The highest BCUT2D eigenvalue weighted by molar-refractivity contribution is 7.92. The van der Waals surface area contributed by atoms with E-state index in [9.17, 15) is 18.0 Å². The number of hydrogen-bond acceptors (Lipinski definition) is 4. The van der Waals surface area contributed by atoms with Crippen LogP contribution in [0.2, 0.25) is 10.0 Å². The Balaban J connectivity index is 1.84. The molecule has 0 fully saturated rings. The van der Waals surface area contributed by atoms with Crippen LogP contribution in [0.3, 0.4) is 0 Å². The van der Waals surface area contributed by atoms with Crippen molar-refractivity contribution in [2.24, 2.45) is 0 Å². The number of aryl methyl sites for hydroxylation is 2. The van der Waals surface area contributed by atoms with Gasteiger partial charge in [-0.05, 0) is 66.9 Å². The zero-order valence-electron chi connectivity index (χ0n) is 24.1. The molecule has 0 aromatic heterocycles. The zero-order chi connectivity index (χ0) is 31.1. The molecule has 4 rings (SSSR count). The van der Waals surface area contributed by atoms with Crippen LogP contribution in [-0.2, 0) is 32.6 Å². The summed E-state index contributed by atoms with van der Waals surface area (Å²) >= 11 is 13.0. The number of nitrogens with zero attached hydrogens (tertiary/aromatic N) is 2. The molecule has 0 aliphatic rings. The number of carbonyl (C=O) groups excluding carboxylic acids is 2. The normalized spacial score (nSPS) is 11.9. The molecule has 0 bridgehead atoms. The molecule has 4 aromatic carbocycles. The number of nitrogens with one attached hydrogen (secondary N) is 1. The van der Waals surface area contributed by atoms with E-state index in [1.54, 1.807) is 48.5 Å². The van der Waals surface area contributed by atoms with E-state index < -0.39 is 34.4 Å². The van der Waals surface area contributed by atoms with Crippen LogP contribution in [0.15, 0.2) is 102 Å². The highest BCUT2D eigenvalue weighted by Gasteiger charge is 2.35. The van der Waals surface area contributed by atoms with Crippen LogP contribution in [0, 0.1) is 13.8 Å². The molecule has 0 saturated carbocycles. The molecule has 0 aliphatic heterocycles. The van der Waals surface area contributed by atoms with Gasteiger partial charge in [0.05, 0.1) is 10.6 Å². The maximum absolute atomic E-state index is 14.4. The molecule has 0 heterocycles. The Hall–Kier alpha value is -3.85. The molecule has 1 N–H and O–H groups in total. The van der Waals surface area contributed by atoms with Gasteiger partial charge in [-0.15, -0.1) is 0 Å². The summed E-state index contributed by atoms with van der Waals surface area (Å²) in [6, 6.07) is 26.6. The first-order chi connectivity index (χ1) is 20.5. The maximum atomic E-state index is 14.4. The molecule has 43 heavy (non-hydrogen) atoms. The van der Waals surface area contributed by atoms with Gasteiger partial charge in [0.25, 0.3) is 10.0 Å². The van der Waals surface area contributed by atoms with Crippen molar-refractivity contribution in [3.8, 4) is 0 Å². The van der Waals surface area contributed by atoms with Crippen molar-refractivity contribution in [3.05, 3.63) is 129 Å². The fourth-order valence-electron chi connectivity index (χ4n) is 4.92. The van der Waals surface area contributed by atoms with Gasteiger partial charge >= 0.3 is 0 Å². The van der Waals surface area contributed by atoms with Crippen molar-refractivity contribution >= 4 is 50.7 Å². The maximum Gasteiger partial charge on any atom is 0.264 e. The van der Waals surface area contributed by atoms with Gasteiger partial charge in [0.15, 0.2) is 0 Å². The van der Waals surface area contributed by atoms with Crippen molar-refractivity contribution in [3.63, 3.8) is 0 Å². The second-order valence-corrected chi connectivity index (χ2v) is 12.9. The fraction of sp³-hybridized carbons (Fsp3) is 0.212. The summed E-state index contributed by atoms with van der Waals surface area (Å²) in [5, 5.41) is 3.31. The molecule has 0 saturated heterocycles. The molecular formula is C33H33Cl2N3O4S. The minimum absolute atomic E-state index is 0.0368. The minimum Gasteiger partial charge on any atom is -0.357 e. The molecule has 1 atom stereocenters. The highest BCUT2D eigenvalue weighted by Crippen LogP contribution is 2.29. The third kappa shape index (κ3) is 7.76. The average Bonchev–Trinajstić information content (AvgIpc) is 2.98. The van der Waals surface area contributed by atoms with Gasteiger partial charge in [-0.1, -0.05) is 83.9 Å². The number of rotatable bonds is 11. The quantitative estimate of drug-likeness (QED) is 0.212. The van der Waals surface area contributed by atoms with E-state index in [1.165, 1.54) is 24.1 Å². The lowest BCUT2D eigenvalue weighted by Gasteiger charge is -2.34. The molecule has 10 heteroatoms. The third-order valence-electron chi connectivity index (χ3n) is 7.01. The number of benzene rings is 4. The smallest absolute Gasteiger partial charge is 0.264 e. The monoisotopic (exact) mass is 637 g/mol. The second kappa shape index (κ2) is 14.1. The first-order valence-corrected chi connectivity index (χ1v) is 15.8. The third-order valence-corrected chi connectivity index (χ3v) is 9.51. The summed E-state index contributed by atoms with van der Waals surface area (Å²) in [7, 11) is -2.69. The van der Waals surface area contributed by atoms with E-state index in [-0.39, 0.29) is 17.9 Å². The van der Waals surface area contributed by atoms with Gasteiger partial charge in [0.1, 0.15) is 12.6 Å². The number of likely N-dealkylation sites (N-methyl/N-ethyl adjacent to an activating group) is 1. The molecule has 0 spiro atoms. The van der Waals surface area contributed by atoms with E-state index in [1.807, 2.05) is 50.2 Å². The topological polar surface area (TPSA) is 86.8 Å². The van der Waals surface area contributed by atoms with Crippen molar-refractivity contribution in [1.82, 2.24) is 10.2 Å². The summed E-state index contributed by atoms with van der Waals surface area (Å²) in [4.78, 5) is 29.2. The van der Waals surface area contributed by atoms with Gasteiger partial charge in [0, 0.05) is 35.6 Å². The number of sulfonamides is 1. The van der Waals surface area contributed by atoms with E-state index in [2.05, 4.69) is 5.32 Å². The summed E-state index contributed by atoms with van der Waals surface area (Å²) < 4.78 is 29.2. The summed E-state index contributed by atoms with van der Waals surface area (Å²) in [6.45, 7) is 3.04. The minimum atomic E-state index is -4.18. The molecule has 0 aliphatic carbocycles. The van der Waals surface area contributed by atoms with Crippen molar-refractivity contribution in [2.45, 2.75) is 37.8 Å². The van der Waals surface area contributed by atoms with Crippen LogP contribution >= 0.6 is 23.2 Å². The lowest BCUT2D eigenvalue weighted by Crippen LogP contribution is -2.53. The van der Waals surface area contributed by atoms with Gasteiger partial charge in [-0.25, -0.2) is 8.42 Å². The molecule has 0 radical (unpaired) electrons. The first-order valence-electron chi connectivity index (χ1n) is 13.6. The molecule has 2 amide bonds. The van der Waals surface area contributed by atoms with Crippen molar-refractivity contribution in [1.29, 1.82) is 0 Å². The van der Waals surface area contributed by atoms with Crippen LogP contribution in [-0.4, -0.2) is 44.8 Å². The Morgan fingerprint density at radius 1 is 0.814 bits per heavy atom. The van der Waals surface area contributed by atoms with Crippen LogP contribution < -0.4 is 9.62 Å². The number of anilines is 1. The standard InChI is InChI=1S/C33H33Cl2N3O4S/c1-23-17-24(2)19-26(18-23)38(43(41,42)27-13-8-5-9-14-27)22-32(39)37(21-28-29(34)15-10-16-30(28)35)31(33(40)36-3)20-25-11-6-4-7-12-25/h4-19,31H,20-22H2,1-3H3,(H,36,40)/t31-/m1/s1. The van der Waals surface area contributed by atoms with Crippen LogP contribution in [0.5, 0.6) is 0 Å². The predicted molar refractivity (Wildman–Crippen MR) is 172 cm³/mol. The molecule has 7 nitrogen and oxygen atoms in total. The summed E-state index contributed by atoms with van der Waals surface area (Å²) in [6.07, 6.45) is 0.184. The van der Waals surface area contributed by atoms with E-state index >= 15 is 0 Å². The second-order valence-electron chi connectivity index (χ2n) is 10.2. The number of halogens is 2. The van der Waals surface area contributed by atoms with Crippen LogP contribution in [0.1, 0.15) is 22.3 Å². The zero-order valence-corrected chi connectivity index (χ0v) is 26.5. The Labute approximate surface area is 263 Å². The van der Waals surface area contributed by atoms with Gasteiger partial charge < -0.3 is 10.2 Å². The SMILES string of the molecule is CNC(=O)[C@@H](Cc1ccccc1)N(Cc1c(Cl)cccc1Cl)C(=O)CN(c1cc(C)cc(C)c1)S(=O)(=O)c1ccccc1.